The highest BCUT2D eigenvalue weighted by molar-refractivity contribution is 5.67. The van der Waals surface area contributed by atoms with Crippen LogP contribution in [-0.4, -0.2) is 29.4 Å². The van der Waals surface area contributed by atoms with Crippen molar-refractivity contribution >= 4 is 6.09 Å². The number of hydrogen-bond acceptors (Lipinski definition) is 3. The quantitative estimate of drug-likeness (QED) is 0.750. The van der Waals surface area contributed by atoms with E-state index in [0.717, 1.165) is 6.42 Å². The molecule has 0 bridgehead atoms. The summed E-state index contributed by atoms with van der Waals surface area (Å²) in [5.41, 5.74) is -0.447. The molecule has 4 heteroatoms. The van der Waals surface area contributed by atoms with Crippen LogP contribution in [-0.2, 0) is 4.74 Å². The van der Waals surface area contributed by atoms with Gasteiger partial charge in [0.1, 0.15) is 5.60 Å². The lowest BCUT2D eigenvalue weighted by atomic mass is 10.2. The molecule has 88 valence electrons. The Morgan fingerprint density at radius 3 is 2.60 bits per heavy atom. The Kier molecular flexibility index (Phi) is 3.60. The molecular formula is C11H21NO3. The Morgan fingerprint density at radius 2 is 2.20 bits per heavy atom. The number of ether oxygens (including phenoxy) is 1. The molecule has 0 aliphatic heterocycles. The summed E-state index contributed by atoms with van der Waals surface area (Å²) in [6.07, 6.45) is 0.349. The smallest absolute Gasteiger partial charge is 0.407 e. The largest absolute Gasteiger partial charge is 0.444 e. The SMILES string of the molecule is CC(O)C1C[C@H]1CNC(=O)OC(C)(C)C. The monoisotopic (exact) mass is 215 g/mol. The van der Waals surface area contributed by atoms with Crippen LogP contribution in [0.4, 0.5) is 4.79 Å². The molecule has 1 amide bonds. The minimum Gasteiger partial charge on any atom is -0.444 e. The second-order valence-corrected chi connectivity index (χ2v) is 5.28. The molecule has 0 spiro atoms. The number of aliphatic hydroxyl groups excluding tert-OH is 1. The predicted octanol–water partition coefficient (Wildman–Crippen LogP) is 1.53. The lowest BCUT2D eigenvalue weighted by Crippen LogP contribution is -2.33. The van der Waals surface area contributed by atoms with Crippen LogP contribution in [0.3, 0.4) is 0 Å². The number of amides is 1. The van der Waals surface area contributed by atoms with E-state index in [4.69, 9.17) is 4.74 Å². The Bertz CT molecular complexity index is 232. The molecule has 1 saturated carbocycles. The molecule has 4 nitrogen and oxygen atoms in total. The molecule has 1 rings (SSSR count). The van der Waals surface area contributed by atoms with E-state index in [0.29, 0.717) is 18.4 Å². The molecular weight excluding hydrogens is 194 g/mol. The van der Waals surface area contributed by atoms with Crippen LogP contribution in [0.1, 0.15) is 34.1 Å². The summed E-state index contributed by atoms with van der Waals surface area (Å²) in [5, 5.41) is 12.0. The number of aliphatic hydroxyl groups is 1. The predicted molar refractivity (Wildman–Crippen MR) is 57.5 cm³/mol. The summed E-state index contributed by atoms with van der Waals surface area (Å²) < 4.78 is 5.10. The van der Waals surface area contributed by atoms with Crippen LogP contribution in [0.15, 0.2) is 0 Å². The van der Waals surface area contributed by atoms with Crippen molar-refractivity contribution in [3.05, 3.63) is 0 Å². The van der Waals surface area contributed by atoms with Crippen molar-refractivity contribution in [1.82, 2.24) is 5.32 Å². The molecule has 2 unspecified atom stereocenters. The van der Waals surface area contributed by atoms with Gasteiger partial charge in [0.05, 0.1) is 6.10 Å². The topological polar surface area (TPSA) is 58.6 Å². The van der Waals surface area contributed by atoms with Gasteiger partial charge in [0.15, 0.2) is 0 Å². The highest BCUT2D eigenvalue weighted by Crippen LogP contribution is 2.40. The van der Waals surface area contributed by atoms with E-state index in [9.17, 15) is 9.90 Å². The van der Waals surface area contributed by atoms with Gasteiger partial charge in [-0.2, -0.15) is 0 Å². The zero-order chi connectivity index (χ0) is 11.6. The van der Waals surface area contributed by atoms with E-state index in [2.05, 4.69) is 5.32 Å². The minimum atomic E-state index is -0.447. The second kappa shape index (κ2) is 4.39. The number of alkyl carbamates (subject to hydrolysis) is 1. The molecule has 0 saturated heterocycles. The van der Waals surface area contributed by atoms with Crippen molar-refractivity contribution in [2.24, 2.45) is 11.8 Å². The fourth-order valence-corrected chi connectivity index (χ4v) is 1.63. The first-order valence-electron chi connectivity index (χ1n) is 5.44. The zero-order valence-electron chi connectivity index (χ0n) is 9.91. The summed E-state index contributed by atoms with van der Waals surface area (Å²) in [7, 11) is 0. The Balaban J connectivity index is 2.14. The zero-order valence-corrected chi connectivity index (χ0v) is 9.91. The summed E-state index contributed by atoms with van der Waals surface area (Å²) in [6, 6.07) is 0. The van der Waals surface area contributed by atoms with E-state index < -0.39 is 5.60 Å². The molecule has 0 heterocycles. The number of hydrogen-bond donors (Lipinski definition) is 2. The van der Waals surface area contributed by atoms with Gasteiger partial charge in [0.25, 0.3) is 0 Å². The van der Waals surface area contributed by atoms with Crippen LogP contribution in [0, 0.1) is 11.8 Å². The molecule has 15 heavy (non-hydrogen) atoms. The summed E-state index contributed by atoms with van der Waals surface area (Å²) >= 11 is 0. The number of carbonyl (C=O) groups is 1. The first-order valence-corrected chi connectivity index (χ1v) is 5.44. The van der Waals surface area contributed by atoms with Crippen molar-refractivity contribution in [1.29, 1.82) is 0 Å². The summed E-state index contributed by atoms with van der Waals surface area (Å²) in [5.74, 6) is 0.762. The highest BCUT2D eigenvalue weighted by Gasteiger charge is 2.40. The Hall–Kier alpha value is -0.770. The lowest BCUT2D eigenvalue weighted by molar-refractivity contribution is 0.0522. The first-order chi connectivity index (χ1) is 6.79. The van der Waals surface area contributed by atoms with Crippen LogP contribution < -0.4 is 5.32 Å². The Labute approximate surface area is 91.0 Å². The van der Waals surface area contributed by atoms with E-state index in [1.54, 1.807) is 6.92 Å². The van der Waals surface area contributed by atoms with Gasteiger partial charge in [0.2, 0.25) is 0 Å². The molecule has 2 N–H and O–H groups in total. The number of nitrogens with one attached hydrogen (secondary N) is 1. The lowest BCUT2D eigenvalue weighted by Gasteiger charge is -2.19. The number of carbonyl (C=O) groups excluding carboxylic acids is 1. The van der Waals surface area contributed by atoms with Crippen molar-refractivity contribution in [3.8, 4) is 0 Å². The van der Waals surface area contributed by atoms with Crippen LogP contribution in [0.5, 0.6) is 0 Å². The maximum Gasteiger partial charge on any atom is 0.407 e. The van der Waals surface area contributed by atoms with Crippen molar-refractivity contribution in [3.63, 3.8) is 0 Å². The summed E-state index contributed by atoms with van der Waals surface area (Å²) in [4.78, 5) is 11.3. The van der Waals surface area contributed by atoms with Gasteiger partial charge >= 0.3 is 6.09 Å². The van der Waals surface area contributed by atoms with Gasteiger partial charge in [-0.1, -0.05) is 0 Å². The molecule has 0 aromatic heterocycles. The highest BCUT2D eigenvalue weighted by atomic mass is 16.6. The van der Waals surface area contributed by atoms with E-state index in [1.165, 1.54) is 0 Å². The van der Waals surface area contributed by atoms with Crippen molar-refractivity contribution < 1.29 is 14.6 Å². The van der Waals surface area contributed by atoms with E-state index in [1.807, 2.05) is 20.8 Å². The Morgan fingerprint density at radius 1 is 1.60 bits per heavy atom. The molecule has 1 aliphatic rings. The minimum absolute atomic E-state index is 0.268. The van der Waals surface area contributed by atoms with E-state index in [-0.39, 0.29) is 12.2 Å². The summed E-state index contributed by atoms with van der Waals surface area (Å²) in [6.45, 7) is 7.90. The number of rotatable bonds is 3. The average Bonchev–Trinajstić information content (AvgIpc) is 2.75. The maximum absolute atomic E-state index is 11.3. The van der Waals surface area contributed by atoms with E-state index >= 15 is 0 Å². The molecule has 0 aromatic carbocycles. The van der Waals surface area contributed by atoms with Crippen molar-refractivity contribution in [2.45, 2.75) is 45.8 Å². The van der Waals surface area contributed by atoms with Crippen LogP contribution in [0.25, 0.3) is 0 Å². The normalized spacial score (nSPS) is 27.0. The standard InChI is InChI=1S/C11H21NO3/c1-7(13)9-5-8(9)6-12-10(14)15-11(2,3)4/h7-9,13H,5-6H2,1-4H3,(H,12,14)/t7?,8-,9?/m0/s1. The third-order valence-corrected chi connectivity index (χ3v) is 2.50. The van der Waals surface area contributed by atoms with Crippen molar-refractivity contribution in [2.75, 3.05) is 6.54 Å². The molecule has 1 aliphatic carbocycles. The van der Waals surface area contributed by atoms with Gasteiger partial charge in [0, 0.05) is 6.54 Å². The van der Waals surface area contributed by atoms with Gasteiger partial charge in [-0.3, -0.25) is 0 Å². The molecule has 1 fully saturated rings. The van der Waals surface area contributed by atoms with Crippen LogP contribution >= 0.6 is 0 Å². The van der Waals surface area contributed by atoms with Gasteiger partial charge in [-0.05, 0) is 46.0 Å². The first kappa shape index (κ1) is 12.3. The fraction of sp³-hybridized carbons (Fsp3) is 0.909. The van der Waals surface area contributed by atoms with Crippen LogP contribution in [0.2, 0.25) is 0 Å². The van der Waals surface area contributed by atoms with Gasteiger partial charge in [-0.25, -0.2) is 4.79 Å². The molecule has 0 radical (unpaired) electrons. The maximum atomic E-state index is 11.3. The van der Waals surface area contributed by atoms with Gasteiger partial charge < -0.3 is 15.2 Å². The third-order valence-electron chi connectivity index (χ3n) is 2.50. The molecule has 3 atom stereocenters. The average molecular weight is 215 g/mol. The second-order valence-electron chi connectivity index (χ2n) is 5.28. The van der Waals surface area contributed by atoms with Gasteiger partial charge in [-0.15, -0.1) is 0 Å². The molecule has 0 aromatic rings. The fourth-order valence-electron chi connectivity index (χ4n) is 1.63. The third kappa shape index (κ3) is 4.51.